The lowest BCUT2D eigenvalue weighted by Gasteiger charge is -2.35. The van der Waals surface area contributed by atoms with Crippen LogP contribution in [0.3, 0.4) is 0 Å². The van der Waals surface area contributed by atoms with Gasteiger partial charge in [-0.15, -0.1) is 0 Å². The molecule has 0 fully saturated rings. The van der Waals surface area contributed by atoms with Gasteiger partial charge in [0, 0.05) is 17.1 Å². The zero-order valence-corrected chi connectivity index (χ0v) is 40.2. The average molecular weight is 928 g/mol. The number of fused-ring (bicyclic) bond motifs is 8. The minimum Gasteiger partial charge on any atom is -0.310 e. The van der Waals surface area contributed by atoms with Crippen LogP contribution in [0, 0.1) is 0 Å². The summed E-state index contributed by atoms with van der Waals surface area (Å²) < 4.78 is 0. The molecule has 14 rings (SSSR count). The molecule has 2 aliphatic rings. The lowest BCUT2D eigenvalue weighted by atomic mass is 9.67. The maximum absolute atomic E-state index is 2.47. The number of nitrogens with zero attached hydrogens (tertiary/aromatic N) is 1. The highest BCUT2D eigenvalue weighted by atomic mass is 15.1. The van der Waals surface area contributed by atoms with E-state index in [9.17, 15) is 0 Å². The number of hydrogen-bond donors (Lipinski definition) is 0. The second kappa shape index (κ2) is 17.2. The van der Waals surface area contributed by atoms with Crippen LogP contribution in [0.4, 0.5) is 17.1 Å². The van der Waals surface area contributed by atoms with E-state index < -0.39 is 10.8 Å². The standard InChI is InChI=1S/C72H49N/c1-6-21-55(22-7-1)71(56-23-8-2-9-24-56)66-33-19-18-32-63(66)64-46-44-61(49-69(64)71)73(59-29-14-5-15-30-59)60-42-38-51(39-43-60)50-34-36-52(37-35-50)54-40-45-65-68(48-54)72(57-25-10-3-11-26-57,58-27-12-4-13-28-58)67-47-41-53-20-16-17-31-62(53)70(65)67/h1-49H. The number of para-hydroxylation sites is 1. The lowest BCUT2D eigenvalue weighted by molar-refractivity contribution is 0.768. The Morgan fingerprint density at radius 3 is 1.25 bits per heavy atom. The molecule has 0 aliphatic heterocycles. The van der Waals surface area contributed by atoms with Crippen molar-refractivity contribution in [2.45, 2.75) is 10.8 Å². The summed E-state index contributed by atoms with van der Waals surface area (Å²) in [5.74, 6) is 0. The van der Waals surface area contributed by atoms with Crippen LogP contribution in [0.25, 0.3) is 55.3 Å². The molecular formula is C72H49N. The molecule has 342 valence electrons. The summed E-state index contributed by atoms with van der Waals surface area (Å²) in [7, 11) is 0. The first-order chi connectivity index (χ1) is 36.2. The fourth-order valence-electron chi connectivity index (χ4n) is 12.7. The normalized spacial score (nSPS) is 13.4. The quantitative estimate of drug-likeness (QED) is 0.139. The number of anilines is 3. The van der Waals surface area contributed by atoms with Gasteiger partial charge >= 0.3 is 0 Å². The molecule has 73 heavy (non-hydrogen) atoms. The lowest BCUT2D eigenvalue weighted by Crippen LogP contribution is -2.28. The van der Waals surface area contributed by atoms with Crippen molar-refractivity contribution in [3.63, 3.8) is 0 Å². The van der Waals surface area contributed by atoms with Crippen LogP contribution in [0.5, 0.6) is 0 Å². The van der Waals surface area contributed by atoms with Gasteiger partial charge in [0.2, 0.25) is 0 Å². The Hall–Kier alpha value is -9.30. The van der Waals surface area contributed by atoms with Gasteiger partial charge in [-0.25, -0.2) is 0 Å². The first kappa shape index (κ1) is 42.6. The summed E-state index contributed by atoms with van der Waals surface area (Å²) in [4.78, 5) is 2.40. The van der Waals surface area contributed by atoms with Crippen molar-refractivity contribution in [3.05, 3.63) is 342 Å². The molecule has 12 aromatic rings. The molecular weight excluding hydrogens is 879 g/mol. The molecule has 12 aromatic carbocycles. The minimum absolute atomic E-state index is 0.486. The first-order valence-electron chi connectivity index (χ1n) is 25.4. The Morgan fingerprint density at radius 2 is 0.644 bits per heavy atom. The zero-order valence-electron chi connectivity index (χ0n) is 40.2. The van der Waals surface area contributed by atoms with Gasteiger partial charge in [0.25, 0.3) is 0 Å². The molecule has 0 saturated carbocycles. The zero-order chi connectivity index (χ0) is 48.3. The second-order valence-electron chi connectivity index (χ2n) is 19.5. The molecule has 0 spiro atoms. The van der Waals surface area contributed by atoms with E-state index in [1.807, 2.05) is 0 Å². The van der Waals surface area contributed by atoms with Crippen LogP contribution in [0.15, 0.2) is 297 Å². The maximum Gasteiger partial charge on any atom is 0.0714 e. The molecule has 0 radical (unpaired) electrons. The third-order valence-corrected chi connectivity index (χ3v) is 15.8. The number of benzene rings is 12. The van der Waals surface area contributed by atoms with E-state index in [0.29, 0.717) is 0 Å². The molecule has 0 bridgehead atoms. The van der Waals surface area contributed by atoms with E-state index >= 15 is 0 Å². The van der Waals surface area contributed by atoms with Crippen LogP contribution in [-0.2, 0) is 10.8 Å². The second-order valence-corrected chi connectivity index (χ2v) is 19.5. The molecule has 0 N–H and O–H groups in total. The Balaban J connectivity index is 0.846. The predicted octanol–water partition coefficient (Wildman–Crippen LogP) is 18.4. The van der Waals surface area contributed by atoms with E-state index in [1.165, 1.54) is 99.8 Å². The molecule has 2 aliphatic carbocycles. The Labute approximate surface area is 427 Å². The predicted molar refractivity (Wildman–Crippen MR) is 304 cm³/mol. The van der Waals surface area contributed by atoms with E-state index in [0.717, 1.165) is 17.1 Å². The Morgan fingerprint density at radius 1 is 0.233 bits per heavy atom. The van der Waals surface area contributed by atoms with Gasteiger partial charge in [-0.2, -0.15) is 0 Å². The summed E-state index contributed by atoms with van der Waals surface area (Å²) in [6, 6.07) is 110. The highest BCUT2D eigenvalue weighted by molar-refractivity contribution is 6.04. The van der Waals surface area contributed by atoms with Gasteiger partial charge in [-0.05, 0) is 142 Å². The van der Waals surface area contributed by atoms with Gasteiger partial charge in [0.05, 0.1) is 10.8 Å². The fourth-order valence-corrected chi connectivity index (χ4v) is 12.7. The van der Waals surface area contributed by atoms with Gasteiger partial charge in [-0.3, -0.25) is 0 Å². The third kappa shape index (κ3) is 6.56. The van der Waals surface area contributed by atoms with E-state index in [2.05, 4.69) is 302 Å². The molecule has 1 heteroatoms. The molecule has 0 aromatic heterocycles. The van der Waals surface area contributed by atoms with Crippen LogP contribution in [-0.4, -0.2) is 0 Å². The van der Waals surface area contributed by atoms with Gasteiger partial charge in [-0.1, -0.05) is 255 Å². The maximum atomic E-state index is 2.47. The van der Waals surface area contributed by atoms with Crippen molar-refractivity contribution in [2.24, 2.45) is 0 Å². The molecule has 0 unspecified atom stereocenters. The van der Waals surface area contributed by atoms with Crippen molar-refractivity contribution in [1.82, 2.24) is 0 Å². The molecule has 0 amide bonds. The smallest absolute Gasteiger partial charge is 0.0714 e. The number of rotatable bonds is 9. The van der Waals surface area contributed by atoms with Crippen molar-refractivity contribution >= 4 is 27.8 Å². The minimum atomic E-state index is -0.491. The van der Waals surface area contributed by atoms with Gasteiger partial charge in [0.15, 0.2) is 0 Å². The summed E-state index contributed by atoms with van der Waals surface area (Å²) in [5, 5.41) is 2.55. The van der Waals surface area contributed by atoms with E-state index in [4.69, 9.17) is 0 Å². The van der Waals surface area contributed by atoms with Crippen molar-refractivity contribution in [3.8, 4) is 44.5 Å². The Kier molecular flexibility index (Phi) is 10.0. The van der Waals surface area contributed by atoms with Crippen LogP contribution in [0.1, 0.15) is 44.5 Å². The van der Waals surface area contributed by atoms with Gasteiger partial charge < -0.3 is 4.90 Å². The fraction of sp³-hybridized carbons (Fsp3) is 0.0278. The monoisotopic (exact) mass is 927 g/mol. The average Bonchev–Trinajstić information content (AvgIpc) is 3.95. The Bertz CT molecular complexity index is 3900. The molecule has 0 atom stereocenters. The van der Waals surface area contributed by atoms with Crippen molar-refractivity contribution < 1.29 is 0 Å². The van der Waals surface area contributed by atoms with Crippen LogP contribution >= 0.6 is 0 Å². The molecule has 0 heterocycles. The van der Waals surface area contributed by atoms with Crippen molar-refractivity contribution in [1.29, 1.82) is 0 Å². The number of hydrogen-bond acceptors (Lipinski definition) is 1. The topological polar surface area (TPSA) is 3.24 Å². The first-order valence-corrected chi connectivity index (χ1v) is 25.4. The van der Waals surface area contributed by atoms with Crippen LogP contribution in [0.2, 0.25) is 0 Å². The van der Waals surface area contributed by atoms with Gasteiger partial charge in [0.1, 0.15) is 0 Å². The van der Waals surface area contributed by atoms with E-state index in [1.54, 1.807) is 0 Å². The summed E-state index contributed by atoms with van der Waals surface area (Å²) in [6.45, 7) is 0. The highest BCUT2D eigenvalue weighted by Gasteiger charge is 2.48. The molecule has 0 saturated heterocycles. The third-order valence-electron chi connectivity index (χ3n) is 15.8. The summed E-state index contributed by atoms with van der Waals surface area (Å²) in [6.07, 6.45) is 0. The largest absolute Gasteiger partial charge is 0.310 e. The van der Waals surface area contributed by atoms with Crippen molar-refractivity contribution in [2.75, 3.05) is 4.90 Å². The summed E-state index contributed by atoms with van der Waals surface area (Å²) in [5.41, 5.74) is 22.5. The SMILES string of the molecule is c1ccc(N(c2ccc(-c3ccc(-c4ccc5c(c4)C(c4ccccc4)(c4ccccc4)c4ccc6ccccc6c4-5)cc3)cc2)c2ccc3c(c2)C(c2ccccc2)(c2ccccc2)c2ccccc2-3)cc1. The van der Waals surface area contributed by atoms with Crippen LogP contribution < -0.4 is 4.90 Å². The highest BCUT2D eigenvalue weighted by Crippen LogP contribution is 2.59. The molecule has 1 nitrogen and oxygen atoms in total. The van der Waals surface area contributed by atoms with E-state index in [-0.39, 0.29) is 0 Å². The summed E-state index contributed by atoms with van der Waals surface area (Å²) >= 11 is 0.